The molecule has 366 valence electrons. The van der Waals surface area contributed by atoms with Crippen molar-refractivity contribution in [3.8, 4) is 0 Å². The Morgan fingerprint density at radius 1 is 1.09 bits per heavy atom. The Hall–Kier alpha value is -3.07. The maximum Gasteiger partial charge on any atom is 0.145 e. The summed E-state index contributed by atoms with van der Waals surface area (Å²) in [4.78, 5) is 12.5. The summed E-state index contributed by atoms with van der Waals surface area (Å²) in [6, 6.07) is 8.87. The zero-order valence-electron chi connectivity index (χ0n) is 40.3. The standard InChI is InChI=1S/C55H82N2O9/c1-37(43-18-17-38(2)52(63)57-53(25-28-65-5,46-15-7-6-8-16-46)31-41-13-10-12-40(29-41)30-43)11-9-14-45(35-66-36-47(61)34-60)48-21-23-55(51(48)62)50-42(22-27-58)19-20-44(49(50)39(3)33-59)32-54(55,64)24-26-56-4/h9-14,17,19-20,29,33,42-44,46-48,50-52,56-58,60-64H,1,6-8,15-16,18,21-28,30-32,34-36H2,2-5H3/b11-9+,38-17+,45-14-,49-39?/t42-,43-,44+,47-,48+,50+,51-,52+,53+,54-,55-/m1/s1. The minimum absolute atomic E-state index is 0.0225. The molecule has 3 saturated carbocycles. The number of ether oxygens (including phenoxy) is 2. The van der Waals surface area contributed by atoms with Crippen molar-refractivity contribution in [2.45, 2.75) is 133 Å². The number of hydrogen-bond donors (Lipinski definition) is 8. The minimum atomic E-state index is -1.28. The highest BCUT2D eigenvalue weighted by atomic mass is 16.5. The monoisotopic (exact) mass is 915 g/mol. The lowest BCUT2D eigenvalue weighted by molar-refractivity contribution is -0.194. The first-order valence-electron chi connectivity index (χ1n) is 24.9. The van der Waals surface area contributed by atoms with Crippen LogP contribution in [0.3, 0.4) is 0 Å². The van der Waals surface area contributed by atoms with E-state index in [1.807, 2.05) is 39.1 Å². The molecule has 0 aromatic heterocycles. The fraction of sp³-hybridized carbons (Fsp3) is 0.655. The lowest BCUT2D eigenvalue weighted by Gasteiger charge is -2.61. The molecule has 1 heterocycles. The highest BCUT2D eigenvalue weighted by molar-refractivity contribution is 5.74. The van der Waals surface area contributed by atoms with Gasteiger partial charge in [-0.1, -0.05) is 97.7 Å². The summed E-state index contributed by atoms with van der Waals surface area (Å²) >= 11 is 0. The molecule has 8 N–H and O–H groups in total. The Morgan fingerprint density at radius 2 is 1.86 bits per heavy atom. The van der Waals surface area contributed by atoms with Gasteiger partial charge in [0.15, 0.2) is 0 Å². The van der Waals surface area contributed by atoms with Gasteiger partial charge in [0.25, 0.3) is 0 Å². The minimum Gasteiger partial charge on any atom is -0.396 e. The SMILES string of the molecule is C=C(/C=C/C=C(/COC[C@H](O)CO)[C@@H]1CC[C@]2([C@@H]1O)[C@@H]1C(=C(C)C=O)[C@@H](C=C[C@@H]1CCO)C[C@]2(O)CCNC)[C@@H]1C/C=C(\C)[C@H](O)N[C@](CCOC)(C2CCCCC2)Cc2cccc(c2)C1. The third-order valence-corrected chi connectivity index (χ3v) is 16.5. The Bertz CT molecular complexity index is 1930. The van der Waals surface area contributed by atoms with E-state index in [-0.39, 0.29) is 49.0 Å². The fourth-order valence-electron chi connectivity index (χ4n) is 13.0. The van der Waals surface area contributed by atoms with Gasteiger partial charge in [0.1, 0.15) is 18.6 Å². The molecule has 1 aromatic carbocycles. The van der Waals surface area contributed by atoms with Crippen LogP contribution in [0.2, 0.25) is 0 Å². The van der Waals surface area contributed by atoms with Crippen LogP contribution in [0, 0.1) is 40.9 Å². The van der Waals surface area contributed by atoms with E-state index >= 15 is 0 Å². The second-order valence-corrected chi connectivity index (χ2v) is 20.5. The topological polar surface area (TPSA) is 181 Å². The summed E-state index contributed by atoms with van der Waals surface area (Å²) in [6.07, 6.45) is 21.5. The molecule has 0 unspecified atom stereocenters. The lowest BCUT2D eigenvalue weighted by atomic mass is 9.45. The molecule has 11 heteroatoms. The number of nitrogens with one attached hydrogen (secondary N) is 2. The number of fused-ring (bicyclic) bond motifs is 5. The van der Waals surface area contributed by atoms with Crippen LogP contribution in [0.15, 0.2) is 95.2 Å². The van der Waals surface area contributed by atoms with E-state index in [1.54, 1.807) is 7.11 Å². The van der Waals surface area contributed by atoms with E-state index in [0.717, 1.165) is 60.7 Å². The van der Waals surface area contributed by atoms with Crippen molar-refractivity contribution in [2.75, 3.05) is 53.7 Å². The first-order valence-corrected chi connectivity index (χ1v) is 24.9. The van der Waals surface area contributed by atoms with Crippen LogP contribution >= 0.6 is 0 Å². The van der Waals surface area contributed by atoms with Gasteiger partial charge in [-0.05, 0) is 150 Å². The summed E-state index contributed by atoms with van der Waals surface area (Å²) in [7, 11) is 3.61. The Balaban J connectivity index is 1.32. The van der Waals surface area contributed by atoms with E-state index in [4.69, 9.17) is 9.47 Å². The van der Waals surface area contributed by atoms with Crippen LogP contribution in [0.1, 0.15) is 102 Å². The number of aliphatic hydroxyl groups is 6. The number of aldehydes is 1. The van der Waals surface area contributed by atoms with Crippen LogP contribution in [-0.4, -0.2) is 120 Å². The zero-order valence-corrected chi connectivity index (χ0v) is 40.3. The van der Waals surface area contributed by atoms with E-state index in [9.17, 15) is 35.4 Å². The van der Waals surface area contributed by atoms with Crippen molar-refractivity contribution in [3.05, 3.63) is 106 Å². The number of allylic oxidation sites excluding steroid dienone is 9. The number of carbonyl (C=O) groups excluding carboxylic acids is 1. The normalized spacial score (nSPS) is 35.3. The molecule has 3 fully saturated rings. The largest absolute Gasteiger partial charge is 0.396 e. The highest BCUT2D eigenvalue weighted by Crippen LogP contribution is 2.67. The van der Waals surface area contributed by atoms with E-state index in [2.05, 4.69) is 59.7 Å². The van der Waals surface area contributed by atoms with Crippen molar-refractivity contribution >= 4 is 6.29 Å². The number of benzene rings is 1. The molecule has 66 heavy (non-hydrogen) atoms. The summed E-state index contributed by atoms with van der Waals surface area (Å²) in [6.45, 7) is 9.05. The summed E-state index contributed by atoms with van der Waals surface area (Å²) < 4.78 is 11.7. The van der Waals surface area contributed by atoms with Gasteiger partial charge in [-0.3, -0.25) is 10.1 Å². The first kappa shape index (κ1) is 52.3. The van der Waals surface area contributed by atoms with E-state index in [1.165, 1.54) is 30.4 Å². The molecule has 1 spiro atoms. The van der Waals surface area contributed by atoms with Crippen LogP contribution in [-0.2, 0) is 27.1 Å². The van der Waals surface area contributed by atoms with Gasteiger partial charge in [0.05, 0.1) is 31.5 Å². The van der Waals surface area contributed by atoms with E-state index in [0.29, 0.717) is 63.2 Å². The van der Waals surface area contributed by atoms with Crippen molar-refractivity contribution in [1.82, 2.24) is 10.6 Å². The second kappa shape index (κ2) is 24.0. The van der Waals surface area contributed by atoms with Gasteiger partial charge in [0, 0.05) is 43.1 Å². The van der Waals surface area contributed by atoms with Crippen molar-refractivity contribution in [2.24, 2.45) is 40.9 Å². The fourth-order valence-corrected chi connectivity index (χ4v) is 13.0. The molecule has 1 aliphatic heterocycles. The van der Waals surface area contributed by atoms with E-state index < -0.39 is 42.0 Å². The van der Waals surface area contributed by atoms with Gasteiger partial charge >= 0.3 is 0 Å². The average molecular weight is 915 g/mol. The summed E-state index contributed by atoms with van der Waals surface area (Å²) in [5.74, 6) is -0.691. The predicted molar refractivity (Wildman–Crippen MR) is 260 cm³/mol. The molecule has 11 atom stereocenters. The molecule has 0 amide bonds. The van der Waals surface area contributed by atoms with Crippen molar-refractivity contribution < 1.29 is 44.9 Å². The van der Waals surface area contributed by atoms with Gasteiger partial charge in [0.2, 0.25) is 0 Å². The molecule has 1 aromatic rings. The average Bonchev–Trinajstić information content (AvgIpc) is 3.67. The van der Waals surface area contributed by atoms with Crippen LogP contribution in [0.25, 0.3) is 0 Å². The Labute approximate surface area is 394 Å². The molecular weight excluding hydrogens is 833 g/mol. The molecule has 11 nitrogen and oxygen atoms in total. The first-order chi connectivity index (χ1) is 31.8. The van der Waals surface area contributed by atoms with Crippen LogP contribution in [0.4, 0.5) is 0 Å². The molecule has 4 aliphatic carbocycles. The third-order valence-electron chi connectivity index (χ3n) is 16.5. The number of methoxy groups -OCH3 is 1. The third kappa shape index (κ3) is 11.5. The number of carbonyl (C=O) groups is 1. The Morgan fingerprint density at radius 3 is 2.58 bits per heavy atom. The van der Waals surface area contributed by atoms with Gasteiger partial charge < -0.3 is 45.4 Å². The Kier molecular flexibility index (Phi) is 19.0. The summed E-state index contributed by atoms with van der Waals surface area (Å²) in [5, 5.41) is 74.9. The molecule has 0 radical (unpaired) electrons. The van der Waals surface area contributed by atoms with Gasteiger partial charge in [-0.25, -0.2) is 0 Å². The lowest BCUT2D eigenvalue weighted by Crippen LogP contribution is -2.65. The molecular formula is C55H82N2O9. The van der Waals surface area contributed by atoms with Crippen LogP contribution in [0.5, 0.6) is 0 Å². The highest BCUT2D eigenvalue weighted by Gasteiger charge is 2.68. The zero-order chi connectivity index (χ0) is 47.5. The molecule has 6 rings (SSSR count). The van der Waals surface area contributed by atoms with Gasteiger partial charge in [-0.15, -0.1) is 0 Å². The predicted octanol–water partition coefficient (Wildman–Crippen LogP) is 6.23. The van der Waals surface area contributed by atoms with Crippen molar-refractivity contribution in [3.63, 3.8) is 0 Å². The smallest absolute Gasteiger partial charge is 0.145 e. The molecule has 0 saturated heterocycles. The maximum absolute atomic E-state index is 13.0. The maximum atomic E-state index is 13.0. The quantitative estimate of drug-likeness (QED) is 0.0342. The van der Waals surface area contributed by atoms with Crippen molar-refractivity contribution in [1.29, 1.82) is 0 Å². The van der Waals surface area contributed by atoms with Crippen LogP contribution < -0.4 is 10.6 Å². The second-order valence-electron chi connectivity index (χ2n) is 20.5. The number of rotatable bonds is 19. The molecule has 4 bridgehead atoms. The number of hydrogen-bond acceptors (Lipinski definition) is 11. The number of aliphatic hydroxyl groups excluding tert-OH is 5. The molecule has 5 aliphatic rings. The summed E-state index contributed by atoms with van der Waals surface area (Å²) in [5.41, 5.74) is 4.00. The van der Waals surface area contributed by atoms with Gasteiger partial charge in [-0.2, -0.15) is 0 Å².